The third-order valence-electron chi connectivity index (χ3n) is 4.94. The van der Waals surface area contributed by atoms with E-state index in [1.165, 1.54) is 0 Å². The van der Waals surface area contributed by atoms with Crippen molar-refractivity contribution >= 4 is 17.8 Å². The highest BCUT2D eigenvalue weighted by Gasteiger charge is 2.27. The highest BCUT2D eigenvalue weighted by atomic mass is 16.4. The van der Waals surface area contributed by atoms with Crippen molar-refractivity contribution < 1.29 is 29.7 Å². The second-order valence-electron chi connectivity index (χ2n) is 9.78. The number of carboxylic acids is 2. The Balaban J connectivity index is 2.93. The number of aliphatic carboxylic acids is 2. The lowest BCUT2D eigenvalue weighted by molar-refractivity contribution is -0.142. The number of aromatic hydroxyl groups is 1. The molecule has 0 aromatic heterocycles. The van der Waals surface area contributed by atoms with Gasteiger partial charge in [-0.3, -0.25) is 9.59 Å². The van der Waals surface area contributed by atoms with E-state index in [-0.39, 0.29) is 42.3 Å². The van der Waals surface area contributed by atoms with Crippen molar-refractivity contribution in [2.24, 2.45) is 0 Å². The van der Waals surface area contributed by atoms with Crippen molar-refractivity contribution in [3.05, 3.63) is 28.8 Å². The van der Waals surface area contributed by atoms with Crippen LogP contribution in [0.4, 0.5) is 0 Å². The fraction of sp³-hybridized carbons (Fsp3) is 0.609. The second-order valence-corrected chi connectivity index (χ2v) is 9.78. The maximum Gasteiger partial charge on any atom is 0.326 e. The number of nitrogens with one attached hydrogen (secondary N) is 1. The van der Waals surface area contributed by atoms with Crippen LogP contribution in [-0.4, -0.2) is 39.2 Å². The Morgan fingerprint density at radius 1 is 0.933 bits per heavy atom. The Hall–Kier alpha value is -2.57. The number of carbonyl (C=O) groups is 3. The fourth-order valence-electron chi connectivity index (χ4n) is 3.22. The van der Waals surface area contributed by atoms with Gasteiger partial charge in [0.25, 0.3) is 0 Å². The van der Waals surface area contributed by atoms with Crippen LogP contribution in [0.25, 0.3) is 0 Å². The number of aryl methyl sites for hydroxylation is 1. The third kappa shape index (κ3) is 7.69. The van der Waals surface area contributed by atoms with Crippen LogP contribution in [0.2, 0.25) is 0 Å². The van der Waals surface area contributed by atoms with Gasteiger partial charge in [-0.15, -0.1) is 0 Å². The van der Waals surface area contributed by atoms with Crippen LogP contribution in [0.5, 0.6) is 5.75 Å². The molecule has 1 aromatic rings. The summed E-state index contributed by atoms with van der Waals surface area (Å²) in [5, 5.41) is 31.2. The molecule has 0 spiro atoms. The number of rotatable bonds is 9. The molecule has 0 bridgehead atoms. The Morgan fingerprint density at radius 3 is 1.83 bits per heavy atom. The number of amides is 1. The molecule has 4 N–H and O–H groups in total. The van der Waals surface area contributed by atoms with Gasteiger partial charge in [0.15, 0.2) is 0 Å². The summed E-state index contributed by atoms with van der Waals surface area (Å²) in [5.41, 5.74) is 1.96. The highest BCUT2D eigenvalue weighted by Crippen LogP contribution is 2.39. The van der Waals surface area contributed by atoms with E-state index >= 15 is 0 Å². The van der Waals surface area contributed by atoms with Gasteiger partial charge >= 0.3 is 11.9 Å². The van der Waals surface area contributed by atoms with Crippen LogP contribution < -0.4 is 5.32 Å². The van der Waals surface area contributed by atoms with Crippen molar-refractivity contribution in [1.29, 1.82) is 0 Å². The molecule has 7 nitrogen and oxygen atoms in total. The zero-order chi connectivity index (χ0) is 23.3. The minimum Gasteiger partial charge on any atom is -0.507 e. The summed E-state index contributed by atoms with van der Waals surface area (Å²) >= 11 is 0. The lowest BCUT2D eigenvalue weighted by atomic mass is 9.78. The lowest BCUT2D eigenvalue weighted by Gasteiger charge is -2.28. The monoisotopic (exact) mass is 421 g/mol. The van der Waals surface area contributed by atoms with E-state index in [0.717, 1.165) is 16.7 Å². The lowest BCUT2D eigenvalue weighted by Crippen LogP contribution is -2.40. The van der Waals surface area contributed by atoms with Crippen molar-refractivity contribution in [3.8, 4) is 5.75 Å². The molecule has 0 heterocycles. The van der Waals surface area contributed by atoms with Gasteiger partial charge < -0.3 is 20.6 Å². The van der Waals surface area contributed by atoms with Gasteiger partial charge in [0.1, 0.15) is 11.8 Å². The number of phenols is 1. The standard InChI is InChI=1S/C23H35NO6/c1-22(2,3)15-12-14(13-16(20(15)28)23(4,5)6)10-11-18(25)24-17(21(29)30)8-7-9-19(26)27/h12-13,17,28H,7-11H2,1-6H3,(H,24,25)(H,26,27)(H,29,30). The van der Waals surface area contributed by atoms with Gasteiger partial charge in [0, 0.05) is 12.8 Å². The summed E-state index contributed by atoms with van der Waals surface area (Å²) in [6.07, 6.45) is 0.599. The van der Waals surface area contributed by atoms with E-state index in [4.69, 9.17) is 5.11 Å². The molecule has 0 aliphatic carbocycles. The highest BCUT2D eigenvalue weighted by molar-refractivity contribution is 5.83. The predicted molar refractivity (Wildman–Crippen MR) is 115 cm³/mol. The minimum absolute atomic E-state index is 0.0644. The Kier molecular flexibility index (Phi) is 8.45. The van der Waals surface area contributed by atoms with Crippen LogP contribution in [0.15, 0.2) is 12.1 Å². The molecule has 1 amide bonds. The average molecular weight is 422 g/mol. The first-order valence-corrected chi connectivity index (χ1v) is 10.2. The molecule has 1 aromatic carbocycles. The van der Waals surface area contributed by atoms with Crippen molar-refractivity contribution in [2.75, 3.05) is 0 Å². The molecule has 0 fully saturated rings. The molecule has 168 valence electrons. The summed E-state index contributed by atoms with van der Waals surface area (Å²) in [7, 11) is 0. The molecule has 7 heteroatoms. The zero-order valence-corrected chi connectivity index (χ0v) is 18.8. The Morgan fingerprint density at radius 2 is 1.43 bits per heavy atom. The van der Waals surface area contributed by atoms with Crippen LogP contribution in [0.1, 0.15) is 83.9 Å². The number of phenolic OH excluding ortho intramolecular Hbond substituents is 1. The largest absolute Gasteiger partial charge is 0.507 e. The van der Waals surface area contributed by atoms with E-state index in [1.807, 2.05) is 53.7 Å². The molecule has 1 atom stereocenters. The first-order chi connectivity index (χ1) is 13.6. The van der Waals surface area contributed by atoms with Gasteiger partial charge in [-0.05, 0) is 46.8 Å². The van der Waals surface area contributed by atoms with E-state index < -0.39 is 23.9 Å². The molecular formula is C23H35NO6. The van der Waals surface area contributed by atoms with E-state index in [9.17, 15) is 24.6 Å². The number of hydrogen-bond acceptors (Lipinski definition) is 4. The van der Waals surface area contributed by atoms with Crippen LogP contribution >= 0.6 is 0 Å². The molecule has 1 rings (SSSR count). The Bertz CT molecular complexity index is 751. The summed E-state index contributed by atoms with van der Waals surface area (Å²) in [4.78, 5) is 34.3. The van der Waals surface area contributed by atoms with Gasteiger partial charge in [-0.1, -0.05) is 53.7 Å². The maximum absolute atomic E-state index is 12.3. The first-order valence-electron chi connectivity index (χ1n) is 10.2. The van der Waals surface area contributed by atoms with Crippen molar-refractivity contribution in [2.45, 2.75) is 90.5 Å². The van der Waals surface area contributed by atoms with Crippen LogP contribution in [0, 0.1) is 0 Å². The van der Waals surface area contributed by atoms with Gasteiger partial charge in [-0.2, -0.15) is 0 Å². The predicted octanol–water partition coefficient (Wildman–Crippen LogP) is 3.74. The molecule has 0 radical (unpaired) electrons. The van der Waals surface area contributed by atoms with Crippen LogP contribution in [0.3, 0.4) is 0 Å². The smallest absolute Gasteiger partial charge is 0.326 e. The first kappa shape index (κ1) is 25.5. The van der Waals surface area contributed by atoms with E-state index in [0.29, 0.717) is 6.42 Å². The quantitative estimate of drug-likeness (QED) is 0.481. The topological polar surface area (TPSA) is 124 Å². The van der Waals surface area contributed by atoms with Crippen molar-refractivity contribution in [1.82, 2.24) is 5.32 Å². The molecular weight excluding hydrogens is 386 g/mol. The number of carboxylic acid groups (broad SMARTS) is 2. The van der Waals surface area contributed by atoms with Gasteiger partial charge in [-0.25, -0.2) is 4.79 Å². The maximum atomic E-state index is 12.3. The fourth-order valence-corrected chi connectivity index (χ4v) is 3.22. The molecule has 1 unspecified atom stereocenters. The summed E-state index contributed by atoms with van der Waals surface area (Å²) in [5.74, 6) is -2.31. The number of hydrogen-bond donors (Lipinski definition) is 4. The average Bonchev–Trinajstić information content (AvgIpc) is 2.57. The Labute approximate surface area is 178 Å². The van der Waals surface area contributed by atoms with Crippen LogP contribution in [-0.2, 0) is 31.6 Å². The summed E-state index contributed by atoms with van der Waals surface area (Å²) < 4.78 is 0. The third-order valence-corrected chi connectivity index (χ3v) is 4.94. The molecule has 0 aliphatic rings. The number of carbonyl (C=O) groups excluding carboxylic acids is 1. The van der Waals surface area contributed by atoms with E-state index in [2.05, 4.69) is 5.32 Å². The molecule has 30 heavy (non-hydrogen) atoms. The number of benzene rings is 1. The second kappa shape index (κ2) is 9.96. The molecule has 0 saturated heterocycles. The SMILES string of the molecule is CC(C)(C)c1cc(CCC(=O)NC(CCCC(=O)O)C(=O)O)cc(C(C)(C)C)c1O. The minimum atomic E-state index is -1.18. The summed E-state index contributed by atoms with van der Waals surface area (Å²) in [6.45, 7) is 12.1. The van der Waals surface area contributed by atoms with Crippen molar-refractivity contribution in [3.63, 3.8) is 0 Å². The van der Waals surface area contributed by atoms with E-state index in [1.54, 1.807) is 0 Å². The molecule has 0 aliphatic heterocycles. The van der Waals surface area contributed by atoms with Gasteiger partial charge in [0.05, 0.1) is 0 Å². The van der Waals surface area contributed by atoms with Gasteiger partial charge in [0.2, 0.25) is 5.91 Å². The molecule has 0 saturated carbocycles. The zero-order valence-electron chi connectivity index (χ0n) is 18.8. The normalized spacial score (nSPS) is 13.0. The summed E-state index contributed by atoms with van der Waals surface area (Å²) in [6, 6.07) is 2.70.